The van der Waals surface area contributed by atoms with Crippen molar-refractivity contribution in [1.29, 1.82) is 0 Å². The van der Waals surface area contributed by atoms with Crippen molar-refractivity contribution in [3.05, 3.63) is 65.0 Å². The van der Waals surface area contributed by atoms with Crippen molar-refractivity contribution < 1.29 is 14.6 Å². The quantitative estimate of drug-likeness (QED) is 0.766. The van der Waals surface area contributed by atoms with Gasteiger partial charge in [-0.3, -0.25) is 4.79 Å². The van der Waals surface area contributed by atoms with Gasteiger partial charge in [-0.05, 0) is 36.4 Å². The van der Waals surface area contributed by atoms with E-state index in [9.17, 15) is 4.79 Å². The highest BCUT2D eigenvalue weighted by Crippen LogP contribution is 2.26. The summed E-state index contributed by atoms with van der Waals surface area (Å²) in [5.41, 5.74) is 1.72. The first-order chi connectivity index (χ1) is 10.7. The Morgan fingerprint density at radius 2 is 1.73 bits per heavy atom. The van der Waals surface area contributed by atoms with Crippen molar-refractivity contribution in [1.82, 2.24) is 4.98 Å². The van der Waals surface area contributed by atoms with Gasteiger partial charge in [-0.15, -0.1) is 11.3 Å². The van der Waals surface area contributed by atoms with Gasteiger partial charge in [0.15, 0.2) is 0 Å². The van der Waals surface area contributed by atoms with Crippen LogP contribution in [0.25, 0.3) is 11.3 Å². The predicted molar refractivity (Wildman–Crippen MR) is 85.4 cm³/mol. The van der Waals surface area contributed by atoms with Crippen molar-refractivity contribution in [2.24, 2.45) is 0 Å². The van der Waals surface area contributed by atoms with Crippen LogP contribution in [0.5, 0.6) is 11.5 Å². The monoisotopic (exact) mass is 311 g/mol. The minimum absolute atomic E-state index is 0.0418. The number of aromatic nitrogens is 1. The lowest BCUT2D eigenvalue weighted by atomic mass is 10.2. The molecule has 0 unspecified atom stereocenters. The number of benzene rings is 2. The van der Waals surface area contributed by atoms with Gasteiger partial charge in [0.1, 0.15) is 16.5 Å². The second-order valence-electron chi connectivity index (χ2n) is 4.64. The van der Waals surface area contributed by atoms with Gasteiger partial charge >= 0.3 is 5.97 Å². The average molecular weight is 311 g/mol. The first kappa shape index (κ1) is 14.3. The molecule has 0 aliphatic carbocycles. The van der Waals surface area contributed by atoms with Crippen LogP contribution in [0.15, 0.2) is 60.0 Å². The summed E-state index contributed by atoms with van der Waals surface area (Å²) in [6, 6.07) is 17.1. The summed E-state index contributed by atoms with van der Waals surface area (Å²) in [6.07, 6.45) is -0.0418. The van der Waals surface area contributed by atoms with Gasteiger partial charge in [0.05, 0.1) is 12.1 Å². The summed E-state index contributed by atoms with van der Waals surface area (Å²) in [7, 11) is 0. The van der Waals surface area contributed by atoms with Gasteiger partial charge in [0, 0.05) is 10.9 Å². The normalized spacial score (nSPS) is 10.4. The van der Waals surface area contributed by atoms with Crippen LogP contribution in [0.1, 0.15) is 5.01 Å². The molecule has 3 rings (SSSR count). The molecule has 0 bridgehead atoms. The zero-order valence-electron chi connectivity index (χ0n) is 11.6. The molecule has 22 heavy (non-hydrogen) atoms. The fourth-order valence-electron chi connectivity index (χ4n) is 1.97. The Morgan fingerprint density at radius 1 is 1.05 bits per heavy atom. The molecule has 0 fully saturated rings. The Balaban J connectivity index is 1.73. The first-order valence-electron chi connectivity index (χ1n) is 6.70. The van der Waals surface area contributed by atoms with E-state index in [4.69, 9.17) is 9.84 Å². The second kappa shape index (κ2) is 6.41. The number of carboxylic acid groups (broad SMARTS) is 1. The van der Waals surface area contributed by atoms with Gasteiger partial charge in [0.2, 0.25) is 0 Å². The molecule has 110 valence electrons. The van der Waals surface area contributed by atoms with Crippen molar-refractivity contribution in [3.63, 3.8) is 0 Å². The van der Waals surface area contributed by atoms with Crippen LogP contribution in [0.2, 0.25) is 0 Å². The summed E-state index contributed by atoms with van der Waals surface area (Å²) in [5, 5.41) is 11.2. The lowest BCUT2D eigenvalue weighted by Crippen LogP contribution is -1.99. The number of thiazole rings is 1. The third kappa shape index (κ3) is 3.51. The summed E-state index contributed by atoms with van der Waals surface area (Å²) in [5.74, 6) is 0.663. The fourth-order valence-corrected chi connectivity index (χ4v) is 2.77. The molecule has 3 aromatic rings. The Hall–Kier alpha value is -2.66. The molecule has 0 spiro atoms. The van der Waals surface area contributed by atoms with Crippen molar-refractivity contribution in [2.45, 2.75) is 6.42 Å². The summed E-state index contributed by atoms with van der Waals surface area (Å²) in [6.45, 7) is 0. The molecule has 1 N–H and O–H groups in total. The molecule has 0 saturated heterocycles. The molecule has 0 aliphatic rings. The summed E-state index contributed by atoms with van der Waals surface area (Å²) >= 11 is 1.36. The number of nitrogens with zero attached hydrogens (tertiary/aromatic N) is 1. The Labute approximate surface area is 131 Å². The van der Waals surface area contributed by atoms with E-state index in [0.717, 1.165) is 22.8 Å². The van der Waals surface area contributed by atoms with Gasteiger partial charge < -0.3 is 9.84 Å². The minimum Gasteiger partial charge on any atom is -0.481 e. The minimum atomic E-state index is -0.868. The van der Waals surface area contributed by atoms with Crippen LogP contribution in [-0.2, 0) is 11.2 Å². The Bertz CT molecular complexity index is 766. The number of ether oxygens (including phenoxy) is 1. The van der Waals surface area contributed by atoms with Gasteiger partial charge in [-0.2, -0.15) is 0 Å². The lowest BCUT2D eigenvalue weighted by molar-refractivity contribution is -0.136. The molecule has 0 aliphatic heterocycles. The zero-order chi connectivity index (χ0) is 15.4. The topological polar surface area (TPSA) is 59.4 Å². The van der Waals surface area contributed by atoms with Gasteiger partial charge in [-0.1, -0.05) is 18.2 Å². The SMILES string of the molecule is O=C(O)Cc1nc(-c2ccc(Oc3ccccc3)cc2)cs1. The van der Waals surface area contributed by atoms with E-state index >= 15 is 0 Å². The van der Waals surface area contributed by atoms with E-state index in [1.165, 1.54) is 11.3 Å². The van der Waals surface area contributed by atoms with Crippen LogP contribution in [0.4, 0.5) is 0 Å². The van der Waals surface area contributed by atoms with Crippen LogP contribution in [-0.4, -0.2) is 16.1 Å². The molecule has 0 saturated carbocycles. The van der Waals surface area contributed by atoms with Crippen LogP contribution in [0.3, 0.4) is 0 Å². The zero-order valence-corrected chi connectivity index (χ0v) is 12.4. The summed E-state index contributed by atoms with van der Waals surface area (Å²) < 4.78 is 5.73. The molecule has 1 aromatic heterocycles. The maximum Gasteiger partial charge on any atom is 0.310 e. The molecule has 2 aromatic carbocycles. The summed E-state index contributed by atoms with van der Waals surface area (Å²) in [4.78, 5) is 15.0. The van der Waals surface area contributed by atoms with E-state index in [1.54, 1.807) is 0 Å². The second-order valence-corrected chi connectivity index (χ2v) is 5.58. The van der Waals surface area contributed by atoms with Gasteiger partial charge in [-0.25, -0.2) is 4.98 Å². The number of hydrogen-bond donors (Lipinski definition) is 1. The average Bonchev–Trinajstić information content (AvgIpc) is 2.97. The number of para-hydroxylation sites is 1. The number of hydrogen-bond acceptors (Lipinski definition) is 4. The Morgan fingerprint density at radius 3 is 2.41 bits per heavy atom. The number of aliphatic carboxylic acids is 1. The smallest absolute Gasteiger partial charge is 0.310 e. The molecule has 0 atom stereocenters. The predicted octanol–water partition coefficient (Wildman–Crippen LogP) is 4.23. The van der Waals surface area contributed by atoms with Crippen molar-refractivity contribution >= 4 is 17.3 Å². The number of rotatable bonds is 5. The van der Waals surface area contributed by atoms with Crippen molar-refractivity contribution in [2.75, 3.05) is 0 Å². The van der Waals surface area contributed by atoms with Crippen LogP contribution in [0, 0.1) is 0 Å². The maximum absolute atomic E-state index is 10.7. The van der Waals surface area contributed by atoms with E-state index in [1.807, 2.05) is 60.0 Å². The molecular weight excluding hydrogens is 298 g/mol. The molecule has 0 radical (unpaired) electrons. The van der Waals surface area contributed by atoms with Gasteiger partial charge in [0.25, 0.3) is 0 Å². The number of carbonyl (C=O) groups is 1. The molecule has 1 heterocycles. The molecule has 0 amide bonds. The standard InChI is InChI=1S/C17H13NO3S/c19-17(20)10-16-18-15(11-22-16)12-6-8-14(9-7-12)21-13-4-2-1-3-5-13/h1-9,11H,10H2,(H,19,20). The highest BCUT2D eigenvalue weighted by atomic mass is 32.1. The van der Waals surface area contributed by atoms with Crippen LogP contribution >= 0.6 is 11.3 Å². The highest BCUT2D eigenvalue weighted by Gasteiger charge is 2.08. The molecule has 5 heteroatoms. The number of carboxylic acids is 1. The lowest BCUT2D eigenvalue weighted by Gasteiger charge is -2.05. The van der Waals surface area contributed by atoms with Crippen molar-refractivity contribution in [3.8, 4) is 22.8 Å². The fraction of sp³-hybridized carbons (Fsp3) is 0.0588. The third-order valence-corrected chi connectivity index (χ3v) is 3.83. The van der Waals surface area contributed by atoms with E-state index in [-0.39, 0.29) is 6.42 Å². The largest absolute Gasteiger partial charge is 0.481 e. The van der Waals surface area contributed by atoms with E-state index in [0.29, 0.717) is 5.01 Å². The van der Waals surface area contributed by atoms with E-state index in [2.05, 4.69) is 4.98 Å². The maximum atomic E-state index is 10.7. The third-order valence-electron chi connectivity index (χ3n) is 2.98. The molecule has 4 nitrogen and oxygen atoms in total. The highest BCUT2D eigenvalue weighted by molar-refractivity contribution is 7.10. The first-order valence-corrected chi connectivity index (χ1v) is 7.58. The molecular formula is C17H13NO3S. The van der Waals surface area contributed by atoms with Crippen LogP contribution < -0.4 is 4.74 Å². The Kier molecular flexibility index (Phi) is 4.16. The van der Waals surface area contributed by atoms with E-state index < -0.39 is 5.97 Å².